The summed E-state index contributed by atoms with van der Waals surface area (Å²) in [6.45, 7) is 1.08. The highest BCUT2D eigenvalue weighted by atomic mass is 16.4. The maximum Gasteiger partial charge on any atom is 0.322 e. The van der Waals surface area contributed by atoms with E-state index >= 15 is 0 Å². The first-order valence-corrected chi connectivity index (χ1v) is 5.07. The van der Waals surface area contributed by atoms with Crippen LogP contribution in [0.4, 0.5) is 0 Å². The molecule has 17 heavy (non-hydrogen) atoms. The fourth-order valence-corrected chi connectivity index (χ4v) is 1.28. The Kier molecular flexibility index (Phi) is 4.39. The van der Waals surface area contributed by atoms with E-state index in [1.54, 1.807) is 24.3 Å². The van der Waals surface area contributed by atoms with E-state index in [2.05, 4.69) is 5.32 Å². The second-order valence-electron chi connectivity index (χ2n) is 3.60. The van der Waals surface area contributed by atoms with Crippen molar-refractivity contribution in [2.24, 2.45) is 0 Å². The zero-order chi connectivity index (χ0) is 12.8. The zero-order valence-corrected chi connectivity index (χ0v) is 9.40. The van der Waals surface area contributed by atoms with E-state index in [1.807, 2.05) is 0 Å². The van der Waals surface area contributed by atoms with Gasteiger partial charge in [0.15, 0.2) is 5.78 Å². The molecule has 0 aliphatic heterocycles. The van der Waals surface area contributed by atoms with E-state index in [0.29, 0.717) is 5.56 Å². The molecule has 0 radical (unpaired) electrons. The van der Waals surface area contributed by atoms with Gasteiger partial charge in [0.25, 0.3) is 0 Å². The molecule has 0 fully saturated rings. The minimum Gasteiger partial charge on any atom is -0.480 e. The summed E-state index contributed by atoms with van der Waals surface area (Å²) < 4.78 is 0. The molecule has 1 aromatic carbocycles. The first-order chi connectivity index (χ1) is 7.99. The lowest BCUT2D eigenvalue weighted by Crippen LogP contribution is -2.30. The van der Waals surface area contributed by atoms with Crippen LogP contribution < -0.4 is 5.32 Å². The second kappa shape index (κ2) is 5.79. The van der Waals surface area contributed by atoms with Gasteiger partial charge < -0.3 is 10.4 Å². The number of carboxylic acid groups (broad SMARTS) is 1. The highest BCUT2D eigenvalue weighted by Crippen LogP contribution is 2.05. The van der Waals surface area contributed by atoms with Crippen LogP contribution in [0.3, 0.4) is 0 Å². The van der Waals surface area contributed by atoms with Crippen molar-refractivity contribution in [3.8, 4) is 0 Å². The number of hydrogen-bond donors (Lipinski definition) is 2. The predicted octanol–water partition coefficient (Wildman–Crippen LogP) is 0.632. The van der Waals surface area contributed by atoms with Gasteiger partial charge in [0.05, 0.1) is 6.42 Å². The molecule has 0 aromatic heterocycles. The number of carboxylic acids is 1. The first kappa shape index (κ1) is 12.9. The molecule has 5 nitrogen and oxygen atoms in total. The summed E-state index contributed by atoms with van der Waals surface area (Å²) >= 11 is 0. The molecule has 0 unspecified atom stereocenters. The summed E-state index contributed by atoms with van der Waals surface area (Å²) in [5.74, 6) is -1.47. The topological polar surface area (TPSA) is 83.5 Å². The minimum absolute atomic E-state index is 0.0353. The smallest absolute Gasteiger partial charge is 0.322 e. The third-order valence-electron chi connectivity index (χ3n) is 2.16. The summed E-state index contributed by atoms with van der Waals surface area (Å²) in [5.41, 5.74) is 1.32. The lowest BCUT2D eigenvalue weighted by molar-refractivity contribution is -0.137. The Labute approximate surface area is 98.4 Å². The van der Waals surface area contributed by atoms with E-state index in [4.69, 9.17) is 5.11 Å². The van der Waals surface area contributed by atoms with Crippen LogP contribution >= 0.6 is 0 Å². The van der Waals surface area contributed by atoms with E-state index in [1.165, 1.54) is 6.92 Å². The van der Waals surface area contributed by atoms with Crippen molar-refractivity contribution in [3.63, 3.8) is 0 Å². The Morgan fingerprint density at radius 2 is 1.76 bits per heavy atom. The van der Waals surface area contributed by atoms with Crippen LogP contribution in [0.25, 0.3) is 0 Å². The third kappa shape index (κ3) is 4.46. The van der Waals surface area contributed by atoms with Crippen molar-refractivity contribution in [3.05, 3.63) is 35.4 Å². The molecule has 0 bridgehead atoms. The number of Topliss-reactive ketones (excluding diaryl/α,β-unsaturated/α-hetero) is 1. The Balaban J connectivity index is 2.54. The summed E-state index contributed by atoms with van der Waals surface area (Å²) in [4.78, 5) is 32.5. The predicted molar refractivity (Wildman–Crippen MR) is 60.8 cm³/mol. The van der Waals surface area contributed by atoms with Crippen LogP contribution in [0.1, 0.15) is 22.8 Å². The van der Waals surface area contributed by atoms with Crippen molar-refractivity contribution in [2.75, 3.05) is 6.54 Å². The van der Waals surface area contributed by atoms with Gasteiger partial charge in [-0.3, -0.25) is 14.4 Å². The van der Waals surface area contributed by atoms with Crippen LogP contribution in [-0.2, 0) is 16.0 Å². The van der Waals surface area contributed by atoms with E-state index in [-0.39, 0.29) is 24.7 Å². The van der Waals surface area contributed by atoms with Gasteiger partial charge in [-0.2, -0.15) is 0 Å². The molecule has 0 aliphatic carbocycles. The van der Waals surface area contributed by atoms with Crippen LogP contribution in [0, 0.1) is 0 Å². The number of aliphatic carboxylic acids is 1. The average Bonchev–Trinajstić information content (AvgIpc) is 2.27. The number of rotatable bonds is 5. The summed E-state index contributed by atoms with van der Waals surface area (Å²) in [7, 11) is 0. The largest absolute Gasteiger partial charge is 0.480 e. The Morgan fingerprint density at radius 3 is 2.24 bits per heavy atom. The highest BCUT2D eigenvalue weighted by molar-refractivity contribution is 5.94. The molecule has 2 N–H and O–H groups in total. The molecule has 5 heteroatoms. The third-order valence-corrected chi connectivity index (χ3v) is 2.16. The molecule has 90 valence electrons. The van der Waals surface area contributed by atoms with Gasteiger partial charge in [-0.25, -0.2) is 0 Å². The summed E-state index contributed by atoms with van der Waals surface area (Å²) in [6, 6.07) is 6.64. The molecule has 0 spiro atoms. The standard InChI is InChI=1S/C12H13NO4/c1-8(14)10-4-2-9(3-5-10)6-11(15)13-7-12(16)17/h2-5H,6-7H2,1H3,(H,13,15)(H,16,17). The first-order valence-electron chi connectivity index (χ1n) is 5.07. The van der Waals surface area contributed by atoms with Crippen molar-refractivity contribution in [2.45, 2.75) is 13.3 Å². The zero-order valence-electron chi connectivity index (χ0n) is 9.40. The molecule has 0 heterocycles. The monoisotopic (exact) mass is 235 g/mol. The fraction of sp³-hybridized carbons (Fsp3) is 0.250. The normalized spacial score (nSPS) is 9.71. The molecule has 1 rings (SSSR count). The molecule has 0 aliphatic rings. The summed E-state index contributed by atoms with van der Waals surface area (Å²) in [5, 5.41) is 10.6. The Morgan fingerprint density at radius 1 is 1.18 bits per heavy atom. The molecule has 0 atom stereocenters. The maximum atomic E-state index is 11.3. The quantitative estimate of drug-likeness (QED) is 0.733. The molecular weight excluding hydrogens is 222 g/mol. The van der Waals surface area contributed by atoms with Gasteiger partial charge in [-0.1, -0.05) is 24.3 Å². The van der Waals surface area contributed by atoms with E-state index in [0.717, 1.165) is 5.56 Å². The summed E-state index contributed by atoms with van der Waals surface area (Å²) in [6.07, 6.45) is 0.103. The van der Waals surface area contributed by atoms with Crippen LogP contribution in [0.5, 0.6) is 0 Å². The average molecular weight is 235 g/mol. The van der Waals surface area contributed by atoms with Crippen molar-refractivity contribution in [1.82, 2.24) is 5.32 Å². The van der Waals surface area contributed by atoms with Gasteiger partial charge in [-0.05, 0) is 12.5 Å². The Hall–Kier alpha value is -2.17. The van der Waals surface area contributed by atoms with Crippen molar-refractivity contribution in [1.29, 1.82) is 0 Å². The lowest BCUT2D eigenvalue weighted by Gasteiger charge is -2.03. The van der Waals surface area contributed by atoms with Gasteiger partial charge in [0, 0.05) is 5.56 Å². The van der Waals surface area contributed by atoms with Crippen LogP contribution in [-0.4, -0.2) is 29.3 Å². The van der Waals surface area contributed by atoms with Gasteiger partial charge in [-0.15, -0.1) is 0 Å². The highest BCUT2D eigenvalue weighted by Gasteiger charge is 2.05. The van der Waals surface area contributed by atoms with Crippen molar-refractivity contribution >= 4 is 17.7 Å². The number of benzene rings is 1. The van der Waals surface area contributed by atoms with Gasteiger partial charge in [0.1, 0.15) is 6.54 Å². The van der Waals surface area contributed by atoms with Crippen molar-refractivity contribution < 1.29 is 19.5 Å². The molecule has 0 saturated carbocycles. The maximum absolute atomic E-state index is 11.3. The number of carbonyl (C=O) groups is 3. The van der Waals surface area contributed by atoms with Gasteiger partial charge in [0.2, 0.25) is 5.91 Å². The number of nitrogens with one attached hydrogen (secondary N) is 1. The van der Waals surface area contributed by atoms with E-state index in [9.17, 15) is 14.4 Å². The van der Waals surface area contributed by atoms with Gasteiger partial charge >= 0.3 is 5.97 Å². The van der Waals surface area contributed by atoms with Crippen LogP contribution in [0.15, 0.2) is 24.3 Å². The minimum atomic E-state index is -1.08. The molecule has 1 amide bonds. The van der Waals surface area contributed by atoms with E-state index < -0.39 is 5.97 Å². The fourth-order valence-electron chi connectivity index (χ4n) is 1.28. The molecule has 0 saturated heterocycles. The number of carbonyl (C=O) groups excluding carboxylic acids is 2. The SMILES string of the molecule is CC(=O)c1ccc(CC(=O)NCC(=O)O)cc1. The number of hydrogen-bond acceptors (Lipinski definition) is 3. The Bertz CT molecular complexity index is 436. The lowest BCUT2D eigenvalue weighted by atomic mass is 10.1. The second-order valence-corrected chi connectivity index (χ2v) is 3.60. The van der Waals surface area contributed by atoms with Crippen LogP contribution in [0.2, 0.25) is 0 Å². The molecular formula is C12H13NO4. The number of amides is 1. The number of ketones is 1. The molecule has 1 aromatic rings.